The molecule has 0 unspecified atom stereocenters. The molecule has 0 spiro atoms. The van der Waals surface area contributed by atoms with Gasteiger partial charge < -0.3 is 0 Å². The van der Waals surface area contributed by atoms with Gasteiger partial charge >= 0.3 is 0 Å². The number of nitrogens with zero attached hydrogens (tertiary/aromatic N) is 1. The average Bonchev–Trinajstić information content (AvgIpc) is 2.56. The molecule has 146 valence electrons. The molecular formula is C18H21BrN2O4S2. The van der Waals surface area contributed by atoms with Crippen LogP contribution in [0.15, 0.2) is 45.8 Å². The molecule has 0 amide bonds. The van der Waals surface area contributed by atoms with E-state index in [0.717, 1.165) is 16.5 Å². The van der Waals surface area contributed by atoms with Gasteiger partial charge in [-0.25, -0.2) is 16.8 Å². The van der Waals surface area contributed by atoms with Gasteiger partial charge in [0.25, 0.3) is 10.0 Å². The number of anilines is 2. The summed E-state index contributed by atoms with van der Waals surface area (Å²) < 4.78 is 55.0. The molecule has 0 radical (unpaired) electrons. The zero-order chi connectivity index (χ0) is 19.8. The Labute approximate surface area is 168 Å². The van der Waals surface area contributed by atoms with Crippen LogP contribution in [0.5, 0.6) is 0 Å². The molecule has 27 heavy (non-hydrogen) atoms. The molecule has 9 heteroatoms. The van der Waals surface area contributed by atoms with Crippen LogP contribution in [0.25, 0.3) is 0 Å². The number of aryl methyl sites for hydroxylation is 2. The monoisotopic (exact) mass is 472 g/mol. The Balaban J connectivity index is 1.93. The Kier molecular flexibility index (Phi) is 5.56. The van der Waals surface area contributed by atoms with E-state index in [1.165, 1.54) is 10.4 Å². The van der Waals surface area contributed by atoms with Crippen LogP contribution < -0.4 is 9.03 Å². The van der Waals surface area contributed by atoms with E-state index in [0.29, 0.717) is 29.9 Å². The first-order chi connectivity index (χ1) is 12.6. The summed E-state index contributed by atoms with van der Waals surface area (Å²) in [6, 6.07) is 9.92. The van der Waals surface area contributed by atoms with Crippen LogP contribution in [-0.2, 0) is 20.0 Å². The second-order valence-electron chi connectivity index (χ2n) is 6.61. The van der Waals surface area contributed by atoms with Crippen molar-refractivity contribution in [3.8, 4) is 0 Å². The normalized spacial score (nSPS) is 16.9. The number of rotatable bonds is 4. The maximum Gasteiger partial charge on any atom is 0.262 e. The summed E-state index contributed by atoms with van der Waals surface area (Å²) in [5.74, 6) is 0.122. The number of sulfonamides is 2. The minimum atomic E-state index is -3.79. The third-order valence-corrected chi connectivity index (χ3v) is 8.41. The molecule has 0 atom stereocenters. The summed E-state index contributed by atoms with van der Waals surface area (Å²) >= 11 is 3.36. The van der Waals surface area contributed by atoms with Crippen molar-refractivity contribution >= 4 is 47.4 Å². The van der Waals surface area contributed by atoms with E-state index in [9.17, 15) is 16.8 Å². The van der Waals surface area contributed by atoms with Gasteiger partial charge in [-0.05, 0) is 74.2 Å². The van der Waals surface area contributed by atoms with E-state index in [-0.39, 0.29) is 10.6 Å². The molecular weight excluding hydrogens is 452 g/mol. The van der Waals surface area contributed by atoms with Crippen LogP contribution in [-0.4, -0.2) is 29.1 Å². The summed E-state index contributed by atoms with van der Waals surface area (Å²) in [5.41, 5.74) is 2.29. The van der Waals surface area contributed by atoms with Crippen LogP contribution in [0.4, 0.5) is 11.4 Å². The zero-order valence-corrected chi connectivity index (χ0v) is 18.3. The lowest BCUT2D eigenvalue weighted by molar-refractivity contribution is 0.574. The minimum Gasteiger partial charge on any atom is -0.279 e. The Hall–Kier alpha value is -1.58. The van der Waals surface area contributed by atoms with E-state index >= 15 is 0 Å². The van der Waals surface area contributed by atoms with Crippen molar-refractivity contribution in [2.75, 3.05) is 21.3 Å². The average molecular weight is 473 g/mol. The maximum absolute atomic E-state index is 12.8. The summed E-state index contributed by atoms with van der Waals surface area (Å²) in [7, 11) is -7.12. The number of hydrogen-bond donors (Lipinski definition) is 1. The Morgan fingerprint density at radius 1 is 1.04 bits per heavy atom. The highest BCUT2D eigenvalue weighted by atomic mass is 79.9. The van der Waals surface area contributed by atoms with E-state index in [4.69, 9.17) is 0 Å². The predicted molar refractivity (Wildman–Crippen MR) is 111 cm³/mol. The SMILES string of the molecule is Cc1cc(Br)ccc1NS(=O)(=O)c1ccc(N2CCCCS2(=O)=O)cc1C. The van der Waals surface area contributed by atoms with Crippen molar-refractivity contribution in [3.05, 3.63) is 52.0 Å². The second kappa shape index (κ2) is 7.44. The number of hydrogen-bond acceptors (Lipinski definition) is 4. The van der Waals surface area contributed by atoms with Crippen LogP contribution >= 0.6 is 15.9 Å². The zero-order valence-electron chi connectivity index (χ0n) is 15.1. The van der Waals surface area contributed by atoms with E-state index in [1.54, 1.807) is 31.2 Å². The van der Waals surface area contributed by atoms with Gasteiger partial charge in [-0.1, -0.05) is 15.9 Å². The Bertz CT molecular complexity index is 1080. The summed E-state index contributed by atoms with van der Waals surface area (Å²) in [4.78, 5) is 0.128. The first-order valence-electron chi connectivity index (χ1n) is 8.50. The summed E-state index contributed by atoms with van der Waals surface area (Å²) in [6.45, 7) is 3.91. The number of nitrogens with one attached hydrogen (secondary N) is 1. The van der Waals surface area contributed by atoms with Gasteiger partial charge in [-0.15, -0.1) is 0 Å². The Morgan fingerprint density at radius 3 is 2.41 bits per heavy atom. The molecule has 1 fully saturated rings. The van der Waals surface area contributed by atoms with Gasteiger partial charge in [-0.3, -0.25) is 9.03 Å². The topological polar surface area (TPSA) is 83.6 Å². The van der Waals surface area contributed by atoms with Crippen molar-refractivity contribution in [1.29, 1.82) is 0 Å². The van der Waals surface area contributed by atoms with Crippen molar-refractivity contribution in [2.45, 2.75) is 31.6 Å². The standard InChI is InChI=1S/C18H21BrN2O4S2/c1-13-11-15(19)5-7-17(13)20-27(24,25)18-8-6-16(12-14(18)2)21-9-3-4-10-26(21,22)23/h5-8,11-12,20H,3-4,9-10H2,1-2H3. The van der Waals surface area contributed by atoms with E-state index < -0.39 is 20.0 Å². The van der Waals surface area contributed by atoms with Gasteiger partial charge in [0.15, 0.2) is 0 Å². The van der Waals surface area contributed by atoms with Gasteiger partial charge in [0, 0.05) is 11.0 Å². The molecule has 6 nitrogen and oxygen atoms in total. The van der Waals surface area contributed by atoms with Gasteiger partial charge in [0.1, 0.15) is 0 Å². The molecule has 3 rings (SSSR count). The molecule has 1 aliphatic heterocycles. The van der Waals surface area contributed by atoms with Crippen LogP contribution in [0.3, 0.4) is 0 Å². The smallest absolute Gasteiger partial charge is 0.262 e. The van der Waals surface area contributed by atoms with Crippen molar-refractivity contribution < 1.29 is 16.8 Å². The lowest BCUT2D eigenvalue weighted by Crippen LogP contribution is -2.37. The maximum atomic E-state index is 12.8. The molecule has 2 aromatic rings. The predicted octanol–water partition coefficient (Wildman–Crippen LogP) is 3.80. The third-order valence-electron chi connectivity index (χ3n) is 4.52. The van der Waals surface area contributed by atoms with Crippen molar-refractivity contribution in [3.63, 3.8) is 0 Å². The fourth-order valence-corrected chi connectivity index (χ4v) is 6.58. The molecule has 1 heterocycles. The van der Waals surface area contributed by atoms with Crippen LogP contribution in [0.1, 0.15) is 24.0 Å². The molecule has 0 saturated carbocycles. The summed E-state index contributed by atoms with van der Waals surface area (Å²) in [5, 5.41) is 0. The van der Waals surface area contributed by atoms with E-state index in [1.807, 2.05) is 13.0 Å². The summed E-state index contributed by atoms with van der Waals surface area (Å²) in [6.07, 6.45) is 1.45. The molecule has 1 aliphatic rings. The van der Waals surface area contributed by atoms with Crippen LogP contribution in [0, 0.1) is 13.8 Å². The molecule has 1 N–H and O–H groups in total. The highest BCUT2D eigenvalue weighted by Gasteiger charge is 2.27. The molecule has 0 bridgehead atoms. The van der Waals surface area contributed by atoms with Crippen molar-refractivity contribution in [1.82, 2.24) is 0 Å². The number of benzene rings is 2. The third kappa shape index (κ3) is 4.30. The van der Waals surface area contributed by atoms with Gasteiger partial charge in [-0.2, -0.15) is 0 Å². The molecule has 0 aliphatic carbocycles. The lowest BCUT2D eigenvalue weighted by Gasteiger charge is -2.28. The molecule has 2 aromatic carbocycles. The number of halogens is 1. The second-order valence-corrected chi connectivity index (χ2v) is 11.2. The highest BCUT2D eigenvalue weighted by Crippen LogP contribution is 2.29. The lowest BCUT2D eigenvalue weighted by atomic mass is 10.2. The molecule has 1 saturated heterocycles. The fraction of sp³-hybridized carbons (Fsp3) is 0.333. The van der Waals surface area contributed by atoms with Crippen LogP contribution in [0.2, 0.25) is 0 Å². The van der Waals surface area contributed by atoms with E-state index in [2.05, 4.69) is 20.7 Å². The van der Waals surface area contributed by atoms with Gasteiger partial charge in [0.05, 0.1) is 22.0 Å². The fourth-order valence-electron chi connectivity index (χ4n) is 3.11. The molecule has 0 aromatic heterocycles. The van der Waals surface area contributed by atoms with Crippen molar-refractivity contribution in [2.24, 2.45) is 0 Å². The quantitative estimate of drug-likeness (QED) is 0.733. The first-order valence-corrected chi connectivity index (χ1v) is 12.4. The highest BCUT2D eigenvalue weighted by molar-refractivity contribution is 9.10. The first kappa shape index (κ1) is 20.2. The largest absolute Gasteiger partial charge is 0.279 e. The van der Waals surface area contributed by atoms with Gasteiger partial charge in [0.2, 0.25) is 10.0 Å². The minimum absolute atomic E-state index is 0.122. The Morgan fingerprint density at radius 2 is 1.78 bits per heavy atom.